The Balaban J connectivity index is 1.23. The third kappa shape index (κ3) is 6.09. The predicted molar refractivity (Wildman–Crippen MR) is 142 cm³/mol. The standard InChI is InChI=1S/C28H23FN4O4S/c1-35-23-13-7-19(8-14-23)16-33(22-11-9-21(29)10-12-22)26(34)18-38-28-32-31-25(37-28)17-36-24-6-2-4-20-5-3-15-30-27(20)24/h2-15H,16-18H2,1H3. The minimum Gasteiger partial charge on any atom is -0.497 e. The molecule has 0 aliphatic carbocycles. The Labute approximate surface area is 222 Å². The molecule has 1 amide bonds. The van der Waals surface area contributed by atoms with Crippen LogP contribution in [0.15, 0.2) is 94.7 Å². The number of benzene rings is 3. The van der Waals surface area contributed by atoms with Gasteiger partial charge < -0.3 is 18.8 Å². The molecule has 0 unspecified atom stereocenters. The second-order valence-corrected chi connectivity index (χ2v) is 9.10. The van der Waals surface area contributed by atoms with Gasteiger partial charge in [-0.25, -0.2) is 4.39 Å². The van der Waals surface area contributed by atoms with Crippen molar-refractivity contribution in [3.63, 3.8) is 0 Å². The Morgan fingerprint density at radius 2 is 1.79 bits per heavy atom. The molecule has 38 heavy (non-hydrogen) atoms. The van der Waals surface area contributed by atoms with E-state index in [1.165, 1.54) is 12.1 Å². The van der Waals surface area contributed by atoms with Crippen LogP contribution >= 0.6 is 11.8 Å². The Morgan fingerprint density at radius 1 is 1.00 bits per heavy atom. The van der Waals surface area contributed by atoms with Gasteiger partial charge in [0, 0.05) is 17.3 Å². The van der Waals surface area contributed by atoms with Crippen molar-refractivity contribution in [3.8, 4) is 11.5 Å². The topological polar surface area (TPSA) is 90.6 Å². The van der Waals surface area contributed by atoms with Gasteiger partial charge in [-0.2, -0.15) is 0 Å². The van der Waals surface area contributed by atoms with Gasteiger partial charge in [-0.3, -0.25) is 9.78 Å². The molecule has 0 spiro atoms. The molecule has 0 N–H and O–H groups in total. The minimum atomic E-state index is -0.375. The van der Waals surface area contributed by atoms with Crippen LogP contribution < -0.4 is 14.4 Å². The zero-order chi connectivity index (χ0) is 26.3. The number of hydrogen-bond acceptors (Lipinski definition) is 8. The van der Waals surface area contributed by atoms with Crippen molar-refractivity contribution in [2.45, 2.75) is 18.4 Å². The van der Waals surface area contributed by atoms with Crippen molar-refractivity contribution < 1.29 is 23.1 Å². The van der Waals surface area contributed by atoms with E-state index in [4.69, 9.17) is 13.9 Å². The number of anilines is 1. The summed E-state index contributed by atoms with van der Waals surface area (Å²) in [7, 11) is 1.59. The molecule has 0 saturated heterocycles. The van der Waals surface area contributed by atoms with Gasteiger partial charge >= 0.3 is 0 Å². The van der Waals surface area contributed by atoms with E-state index in [0.29, 0.717) is 18.0 Å². The maximum atomic E-state index is 13.5. The Bertz CT molecular complexity index is 1520. The normalized spacial score (nSPS) is 10.9. The van der Waals surface area contributed by atoms with E-state index < -0.39 is 0 Å². The van der Waals surface area contributed by atoms with Crippen LogP contribution in [0.2, 0.25) is 0 Å². The highest BCUT2D eigenvalue weighted by molar-refractivity contribution is 7.99. The van der Waals surface area contributed by atoms with Crippen molar-refractivity contribution in [3.05, 3.63) is 102 Å². The van der Waals surface area contributed by atoms with E-state index >= 15 is 0 Å². The molecular weight excluding hydrogens is 507 g/mol. The van der Waals surface area contributed by atoms with Crippen LogP contribution in [0.3, 0.4) is 0 Å². The van der Waals surface area contributed by atoms with Crippen molar-refractivity contribution in [1.82, 2.24) is 15.2 Å². The maximum Gasteiger partial charge on any atom is 0.277 e. The molecular formula is C28H23FN4O4S. The van der Waals surface area contributed by atoms with Crippen LogP contribution in [-0.2, 0) is 17.9 Å². The number of ether oxygens (including phenoxy) is 2. The van der Waals surface area contributed by atoms with E-state index in [2.05, 4.69) is 15.2 Å². The lowest BCUT2D eigenvalue weighted by Crippen LogP contribution is -2.31. The van der Waals surface area contributed by atoms with E-state index in [1.54, 1.807) is 30.3 Å². The van der Waals surface area contributed by atoms with Gasteiger partial charge in [0.15, 0.2) is 6.61 Å². The molecule has 2 aromatic heterocycles. The number of rotatable bonds is 10. The van der Waals surface area contributed by atoms with Crippen molar-refractivity contribution in [2.75, 3.05) is 17.8 Å². The number of nitrogens with zero attached hydrogens (tertiary/aromatic N) is 4. The molecule has 3 aromatic carbocycles. The number of halogens is 1. The molecule has 5 aromatic rings. The molecule has 8 nitrogen and oxygen atoms in total. The molecule has 192 valence electrons. The molecule has 2 heterocycles. The summed E-state index contributed by atoms with van der Waals surface area (Å²) in [4.78, 5) is 19.2. The van der Waals surface area contributed by atoms with E-state index in [-0.39, 0.29) is 35.2 Å². The summed E-state index contributed by atoms with van der Waals surface area (Å²) in [6.45, 7) is 0.368. The lowest BCUT2D eigenvalue weighted by atomic mass is 10.2. The summed E-state index contributed by atoms with van der Waals surface area (Å²) in [5, 5.41) is 9.26. The molecule has 0 fully saturated rings. The number of amides is 1. The van der Waals surface area contributed by atoms with Crippen LogP contribution in [0, 0.1) is 5.82 Å². The molecule has 0 saturated carbocycles. The quantitative estimate of drug-likeness (QED) is 0.213. The first-order chi connectivity index (χ1) is 18.6. The first-order valence-corrected chi connectivity index (χ1v) is 12.7. The average molecular weight is 531 g/mol. The lowest BCUT2D eigenvalue weighted by Gasteiger charge is -2.23. The number of carbonyl (C=O) groups is 1. The summed E-state index contributed by atoms with van der Waals surface area (Å²) in [5.74, 6) is 1.08. The van der Waals surface area contributed by atoms with Gasteiger partial charge in [0.25, 0.3) is 11.1 Å². The lowest BCUT2D eigenvalue weighted by molar-refractivity contribution is -0.116. The molecule has 0 aliphatic heterocycles. The number of hydrogen-bond donors (Lipinski definition) is 0. The smallest absolute Gasteiger partial charge is 0.277 e. The number of thioether (sulfide) groups is 1. The molecule has 0 atom stereocenters. The van der Waals surface area contributed by atoms with Crippen LogP contribution in [0.4, 0.5) is 10.1 Å². The SMILES string of the molecule is COc1ccc(CN(C(=O)CSc2nnc(COc3cccc4cccnc34)o2)c2ccc(F)cc2)cc1. The van der Waals surface area contributed by atoms with E-state index in [1.807, 2.05) is 54.6 Å². The van der Waals surface area contributed by atoms with Gasteiger partial charge in [0.05, 0.1) is 19.4 Å². The van der Waals surface area contributed by atoms with Crippen LogP contribution in [0.5, 0.6) is 11.5 Å². The zero-order valence-corrected chi connectivity index (χ0v) is 21.2. The van der Waals surface area contributed by atoms with Gasteiger partial charge in [-0.05, 0) is 54.1 Å². The fourth-order valence-corrected chi connectivity index (χ4v) is 4.40. The second kappa shape index (κ2) is 11.7. The number of fused-ring (bicyclic) bond motifs is 1. The van der Waals surface area contributed by atoms with Crippen molar-refractivity contribution >= 4 is 34.3 Å². The average Bonchev–Trinajstić information content (AvgIpc) is 3.42. The summed E-state index contributed by atoms with van der Waals surface area (Å²) in [5.41, 5.74) is 2.22. The molecule has 0 bridgehead atoms. The first kappa shape index (κ1) is 25.2. The molecule has 0 aliphatic rings. The molecule has 5 rings (SSSR count). The number of pyridine rings is 1. The van der Waals surface area contributed by atoms with Gasteiger partial charge in [-0.15, -0.1) is 10.2 Å². The van der Waals surface area contributed by atoms with Gasteiger partial charge in [0.2, 0.25) is 5.91 Å². The Morgan fingerprint density at radius 3 is 2.58 bits per heavy atom. The summed E-state index contributed by atoms with van der Waals surface area (Å²) in [6, 6.07) is 22.7. The third-order valence-corrected chi connectivity index (χ3v) is 6.46. The fourth-order valence-electron chi connectivity index (χ4n) is 3.75. The second-order valence-electron chi connectivity index (χ2n) is 8.17. The van der Waals surface area contributed by atoms with Gasteiger partial charge in [-0.1, -0.05) is 42.1 Å². The third-order valence-electron chi connectivity index (χ3n) is 5.65. The van der Waals surface area contributed by atoms with Crippen LogP contribution in [0.1, 0.15) is 11.5 Å². The largest absolute Gasteiger partial charge is 0.497 e. The molecule has 10 heteroatoms. The van der Waals surface area contributed by atoms with Gasteiger partial charge in [0.1, 0.15) is 22.8 Å². The highest BCUT2D eigenvalue weighted by atomic mass is 32.2. The number of carbonyl (C=O) groups excluding carboxylic acids is 1. The number of methoxy groups -OCH3 is 1. The summed E-state index contributed by atoms with van der Waals surface area (Å²) < 4.78 is 30.3. The number of aromatic nitrogens is 3. The Kier molecular flexibility index (Phi) is 7.79. The van der Waals surface area contributed by atoms with Crippen molar-refractivity contribution in [1.29, 1.82) is 0 Å². The van der Waals surface area contributed by atoms with E-state index in [9.17, 15) is 9.18 Å². The van der Waals surface area contributed by atoms with E-state index in [0.717, 1.165) is 34.0 Å². The Hall–Kier alpha value is -4.44. The fraction of sp³-hybridized carbons (Fsp3) is 0.143. The monoisotopic (exact) mass is 530 g/mol. The van der Waals surface area contributed by atoms with Crippen molar-refractivity contribution in [2.24, 2.45) is 0 Å². The predicted octanol–water partition coefficient (Wildman–Crippen LogP) is 5.67. The highest BCUT2D eigenvalue weighted by Crippen LogP contribution is 2.25. The molecule has 0 radical (unpaired) electrons. The number of para-hydroxylation sites is 1. The summed E-state index contributed by atoms with van der Waals surface area (Å²) >= 11 is 1.12. The maximum absolute atomic E-state index is 13.5. The zero-order valence-electron chi connectivity index (χ0n) is 20.4. The minimum absolute atomic E-state index is 0.0449. The highest BCUT2D eigenvalue weighted by Gasteiger charge is 2.19. The first-order valence-electron chi connectivity index (χ1n) is 11.7. The summed E-state index contributed by atoms with van der Waals surface area (Å²) in [6.07, 6.45) is 1.71. The van der Waals surface area contributed by atoms with Crippen LogP contribution in [-0.4, -0.2) is 34.0 Å². The van der Waals surface area contributed by atoms with Crippen LogP contribution in [0.25, 0.3) is 10.9 Å².